The van der Waals surface area contributed by atoms with Crippen LogP contribution in [0.2, 0.25) is 0 Å². The number of nitrogens with zero attached hydrogens (tertiary/aromatic N) is 5. The summed E-state index contributed by atoms with van der Waals surface area (Å²) in [6.07, 6.45) is 3.50. The van der Waals surface area contributed by atoms with Gasteiger partial charge in [0.25, 0.3) is 5.78 Å². The van der Waals surface area contributed by atoms with E-state index >= 15 is 0 Å². The minimum absolute atomic E-state index is 0.177. The SMILES string of the molecule is CC(C)c1nc2ncc(C(C)C#N)cn2n1. The zero-order chi connectivity index (χ0) is 11.7. The maximum absolute atomic E-state index is 8.83. The van der Waals surface area contributed by atoms with Crippen LogP contribution in [0.5, 0.6) is 0 Å². The molecule has 0 aromatic carbocycles. The highest BCUT2D eigenvalue weighted by atomic mass is 15.3. The van der Waals surface area contributed by atoms with Gasteiger partial charge in [0.1, 0.15) is 0 Å². The fraction of sp³-hybridized carbons (Fsp3) is 0.455. The first-order valence-electron chi connectivity index (χ1n) is 5.23. The van der Waals surface area contributed by atoms with Crippen LogP contribution in [0.15, 0.2) is 12.4 Å². The Kier molecular flexibility index (Phi) is 2.57. The molecule has 0 aliphatic carbocycles. The molecule has 2 rings (SSSR count). The van der Waals surface area contributed by atoms with Gasteiger partial charge in [-0.05, 0) is 6.92 Å². The van der Waals surface area contributed by atoms with E-state index in [0.717, 1.165) is 11.4 Å². The number of rotatable bonds is 2. The van der Waals surface area contributed by atoms with Gasteiger partial charge >= 0.3 is 0 Å². The molecule has 0 amide bonds. The summed E-state index contributed by atoms with van der Waals surface area (Å²) in [5.41, 5.74) is 0.857. The summed E-state index contributed by atoms with van der Waals surface area (Å²) in [4.78, 5) is 8.49. The van der Waals surface area contributed by atoms with E-state index in [1.807, 2.05) is 27.0 Å². The van der Waals surface area contributed by atoms with E-state index in [1.165, 1.54) is 0 Å². The number of hydrogen-bond acceptors (Lipinski definition) is 4. The van der Waals surface area contributed by atoms with Crippen LogP contribution in [0.3, 0.4) is 0 Å². The first-order chi connectivity index (χ1) is 7.61. The molecular weight excluding hydrogens is 202 g/mol. The van der Waals surface area contributed by atoms with Gasteiger partial charge in [0.2, 0.25) is 0 Å². The van der Waals surface area contributed by atoms with E-state index in [2.05, 4.69) is 21.1 Å². The fourth-order valence-corrected chi connectivity index (χ4v) is 1.36. The van der Waals surface area contributed by atoms with Gasteiger partial charge in [-0.2, -0.15) is 10.2 Å². The molecule has 2 aromatic rings. The first-order valence-corrected chi connectivity index (χ1v) is 5.23. The maximum Gasteiger partial charge on any atom is 0.252 e. The Balaban J connectivity index is 2.50. The van der Waals surface area contributed by atoms with Gasteiger partial charge in [-0.1, -0.05) is 13.8 Å². The first kappa shape index (κ1) is 10.6. The van der Waals surface area contributed by atoms with Gasteiger partial charge in [0.05, 0.1) is 12.0 Å². The smallest absolute Gasteiger partial charge is 0.219 e. The van der Waals surface area contributed by atoms with E-state index in [0.29, 0.717) is 5.78 Å². The lowest BCUT2D eigenvalue weighted by molar-refractivity contribution is 0.762. The molecule has 0 saturated heterocycles. The number of aromatic nitrogens is 4. The Morgan fingerprint density at radius 3 is 2.75 bits per heavy atom. The molecule has 0 N–H and O–H groups in total. The summed E-state index contributed by atoms with van der Waals surface area (Å²) in [7, 11) is 0. The average molecular weight is 215 g/mol. The van der Waals surface area contributed by atoms with Gasteiger partial charge in [-0.15, -0.1) is 5.10 Å². The van der Waals surface area contributed by atoms with E-state index in [1.54, 1.807) is 10.7 Å². The highest BCUT2D eigenvalue weighted by Gasteiger charge is 2.10. The van der Waals surface area contributed by atoms with Crippen LogP contribution in [-0.2, 0) is 0 Å². The van der Waals surface area contributed by atoms with Gasteiger partial charge in [-0.25, -0.2) is 9.50 Å². The monoisotopic (exact) mass is 215 g/mol. The molecule has 2 aromatic heterocycles. The highest BCUT2D eigenvalue weighted by molar-refractivity contribution is 5.30. The topological polar surface area (TPSA) is 66.9 Å². The summed E-state index contributed by atoms with van der Waals surface area (Å²) < 4.78 is 1.64. The van der Waals surface area contributed by atoms with E-state index in [9.17, 15) is 0 Å². The van der Waals surface area contributed by atoms with Gasteiger partial charge < -0.3 is 0 Å². The molecule has 2 heterocycles. The zero-order valence-electron chi connectivity index (χ0n) is 9.55. The number of fused-ring (bicyclic) bond motifs is 1. The Labute approximate surface area is 93.8 Å². The molecular formula is C11H13N5. The van der Waals surface area contributed by atoms with Crippen molar-refractivity contribution in [2.24, 2.45) is 0 Å². The summed E-state index contributed by atoms with van der Waals surface area (Å²) in [6.45, 7) is 5.91. The number of nitriles is 1. The summed E-state index contributed by atoms with van der Waals surface area (Å²) in [5.74, 6) is 1.45. The van der Waals surface area contributed by atoms with Crippen molar-refractivity contribution in [3.05, 3.63) is 23.8 Å². The third kappa shape index (κ3) is 1.74. The summed E-state index contributed by atoms with van der Waals surface area (Å²) in [6, 6.07) is 2.17. The quantitative estimate of drug-likeness (QED) is 0.767. The standard InChI is InChI=1S/C11H13N5/c1-7(2)10-14-11-13-5-9(8(3)4-12)6-16(11)15-10/h5-8H,1-3H3. The van der Waals surface area contributed by atoms with Crippen molar-refractivity contribution >= 4 is 5.78 Å². The lowest BCUT2D eigenvalue weighted by Crippen LogP contribution is -1.97. The van der Waals surface area contributed by atoms with Crippen molar-refractivity contribution in [3.63, 3.8) is 0 Å². The van der Waals surface area contributed by atoms with E-state index in [-0.39, 0.29) is 11.8 Å². The maximum atomic E-state index is 8.83. The molecule has 0 aliphatic rings. The molecule has 0 spiro atoms. The molecule has 0 fully saturated rings. The molecule has 1 unspecified atom stereocenters. The van der Waals surface area contributed by atoms with Crippen LogP contribution < -0.4 is 0 Å². The fourth-order valence-electron chi connectivity index (χ4n) is 1.36. The molecule has 0 radical (unpaired) electrons. The third-order valence-corrected chi connectivity index (χ3v) is 2.44. The van der Waals surface area contributed by atoms with E-state index in [4.69, 9.17) is 5.26 Å². The molecule has 1 atom stereocenters. The van der Waals surface area contributed by atoms with Gasteiger partial charge in [-0.3, -0.25) is 0 Å². The van der Waals surface area contributed by atoms with Crippen molar-refractivity contribution in [3.8, 4) is 6.07 Å². The van der Waals surface area contributed by atoms with Crippen molar-refractivity contribution in [1.82, 2.24) is 19.6 Å². The largest absolute Gasteiger partial charge is 0.252 e. The van der Waals surface area contributed by atoms with Crippen LogP contribution >= 0.6 is 0 Å². The van der Waals surface area contributed by atoms with Crippen molar-refractivity contribution in [2.75, 3.05) is 0 Å². The molecule has 16 heavy (non-hydrogen) atoms. The second-order valence-electron chi connectivity index (χ2n) is 4.11. The average Bonchev–Trinajstić information content (AvgIpc) is 2.70. The highest BCUT2D eigenvalue weighted by Crippen LogP contribution is 2.14. The molecule has 0 aliphatic heterocycles. The lowest BCUT2D eigenvalue weighted by Gasteiger charge is -2.00. The Hall–Kier alpha value is -1.96. The van der Waals surface area contributed by atoms with Gasteiger partial charge in [0, 0.05) is 23.9 Å². The minimum Gasteiger partial charge on any atom is -0.219 e. The summed E-state index contributed by atoms with van der Waals surface area (Å²) >= 11 is 0. The third-order valence-electron chi connectivity index (χ3n) is 2.44. The Morgan fingerprint density at radius 2 is 2.12 bits per heavy atom. The van der Waals surface area contributed by atoms with E-state index < -0.39 is 0 Å². The minimum atomic E-state index is -0.177. The van der Waals surface area contributed by atoms with Crippen molar-refractivity contribution in [2.45, 2.75) is 32.6 Å². The van der Waals surface area contributed by atoms with Gasteiger partial charge in [0.15, 0.2) is 5.82 Å². The van der Waals surface area contributed by atoms with Crippen LogP contribution in [0.1, 0.15) is 44.0 Å². The second kappa shape index (κ2) is 3.89. The molecule has 5 nitrogen and oxygen atoms in total. The van der Waals surface area contributed by atoms with Crippen molar-refractivity contribution in [1.29, 1.82) is 5.26 Å². The zero-order valence-corrected chi connectivity index (χ0v) is 9.55. The molecule has 0 saturated carbocycles. The molecule has 0 bridgehead atoms. The van der Waals surface area contributed by atoms with Crippen LogP contribution in [0.4, 0.5) is 0 Å². The predicted molar refractivity (Wildman–Crippen MR) is 58.9 cm³/mol. The number of hydrogen-bond donors (Lipinski definition) is 0. The lowest BCUT2D eigenvalue weighted by atomic mass is 10.1. The van der Waals surface area contributed by atoms with Crippen LogP contribution in [0.25, 0.3) is 5.78 Å². The normalized spacial score (nSPS) is 12.9. The van der Waals surface area contributed by atoms with Crippen LogP contribution in [0, 0.1) is 11.3 Å². The van der Waals surface area contributed by atoms with Crippen LogP contribution in [-0.4, -0.2) is 19.6 Å². The molecule has 5 heteroatoms. The molecule has 82 valence electrons. The Morgan fingerprint density at radius 1 is 1.38 bits per heavy atom. The van der Waals surface area contributed by atoms with Crippen molar-refractivity contribution < 1.29 is 0 Å². The predicted octanol–water partition coefficient (Wildman–Crippen LogP) is 1.87. The Bertz CT molecular complexity index is 549. The summed E-state index contributed by atoms with van der Waals surface area (Å²) in [5, 5.41) is 13.2. The second-order valence-corrected chi connectivity index (χ2v) is 4.11.